The Morgan fingerprint density at radius 1 is 0.587 bits per heavy atom. The van der Waals surface area contributed by atoms with Gasteiger partial charge >= 0.3 is 17.9 Å². The molecule has 4 aromatic rings. The molecule has 6 aliphatic rings. The highest BCUT2D eigenvalue weighted by Gasteiger charge is 2.60. The third-order valence-electron chi connectivity index (χ3n) is 20.5. The number of amides is 6. The molecule has 4 heterocycles. The minimum absolute atomic E-state index is 0. The number of benzene rings is 2. The Morgan fingerprint density at radius 3 is 1.34 bits per heavy atom. The second-order valence-corrected chi connectivity index (χ2v) is 33.9. The van der Waals surface area contributed by atoms with E-state index in [0.29, 0.717) is 57.0 Å². The maximum absolute atomic E-state index is 12.9. The molecule has 2 saturated carbocycles. The molecule has 2 aliphatic heterocycles. The van der Waals surface area contributed by atoms with Gasteiger partial charge in [0, 0.05) is 116 Å². The first-order chi connectivity index (χ1) is 51.7. The lowest BCUT2D eigenvalue weighted by Crippen LogP contribution is -2.34. The highest BCUT2D eigenvalue weighted by atomic mass is 33.2. The first-order valence-corrected chi connectivity index (χ1v) is 43.0. The van der Waals surface area contributed by atoms with Gasteiger partial charge in [-0.2, -0.15) is 13.5 Å². The Labute approximate surface area is 674 Å². The smallest absolute Gasteiger partial charge is 0.311 e. The molecule has 2 aromatic heterocycles. The zero-order valence-electron chi connectivity index (χ0n) is 62.5. The molecule has 4 aliphatic carbocycles. The summed E-state index contributed by atoms with van der Waals surface area (Å²) >= 11 is 16.9. The molecule has 4 fully saturated rings. The number of terminal acetylenes is 2. The lowest BCUT2D eigenvalue weighted by Gasteiger charge is -2.28. The summed E-state index contributed by atoms with van der Waals surface area (Å²) in [5, 5.41) is 34.3. The fourth-order valence-electron chi connectivity index (χ4n) is 14.7. The summed E-state index contributed by atoms with van der Waals surface area (Å²) < 4.78 is 14.1. The minimum Gasteiger partial charge on any atom is -0.481 e. The molecule has 4 unspecified atom stereocenters. The maximum atomic E-state index is 12.9. The third-order valence-corrected chi connectivity index (χ3v) is 22.7. The normalized spacial score (nSPS) is 19.8. The first kappa shape index (κ1) is 92.1. The lowest BCUT2D eigenvalue weighted by atomic mass is 9.80. The molecule has 0 spiro atoms. The number of ether oxygens (including phenoxy) is 2. The number of ketones is 1. The number of aliphatic hydroxyl groups excluding tert-OH is 1. The molecule has 10 rings (SSSR count). The van der Waals surface area contributed by atoms with Crippen molar-refractivity contribution < 1.29 is 67.6 Å². The summed E-state index contributed by atoms with van der Waals surface area (Å²) in [7, 11) is 3.26. The van der Waals surface area contributed by atoms with Crippen LogP contribution in [0.15, 0.2) is 97.4 Å². The van der Waals surface area contributed by atoms with E-state index in [0.717, 1.165) is 84.2 Å². The molecular weight excluding hydrogens is 1550 g/mol. The summed E-state index contributed by atoms with van der Waals surface area (Å²) in [5.74, 6) is 3.09. The minimum atomic E-state index is -1.00. The second-order valence-electron chi connectivity index (χ2n) is 28.6. The Balaban J connectivity index is 0.000000308. The summed E-state index contributed by atoms with van der Waals surface area (Å²) in [6.07, 6.45) is 31.4. The number of hydrogen-bond acceptors (Lipinski definition) is 21. The summed E-state index contributed by atoms with van der Waals surface area (Å²) in [6.45, 7) is 13.1. The average Bonchev–Trinajstić information content (AvgIpc) is 1.58. The number of aliphatic hydroxyl groups is 1. The number of esters is 2. The number of unbranched alkanes of at least 4 members (excludes halogenated alkanes) is 6. The second kappa shape index (κ2) is 46.3. The number of allylic oxidation sites excluding steroid dienone is 4. The Hall–Kier alpha value is -7.53. The van der Waals surface area contributed by atoms with E-state index < -0.39 is 22.8 Å². The van der Waals surface area contributed by atoms with Crippen molar-refractivity contribution in [2.24, 2.45) is 58.2 Å². The third kappa shape index (κ3) is 26.6. The lowest BCUT2D eigenvalue weighted by molar-refractivity contribution is -0.154. The summed E-state index contributed by atoms with van der Waals surface area (Å²) in [6, 6.07) is 19.2. The van der Waals surface area contributed by atoms with Crippen molar-refractivity contribution in [3.63, 3.8) is 0 Å². The van der Waals surface area contributed by atoms with Crippen molar-refractivity contribution in [2.45, 2.75) is 170 Å². The van der Waals surface area contributed by atoms with Gasteiger partial charge in [-0.25, -0.2) is 9.36 Å². The van der Waals surface area contributed by atoms with Gasteiger partial charge in [-0.15, -0.1) is 23.0 Å². The van der Waals surface area contributed by atoms with E-state index in [-0.39, 0.29) is 172 Å². The van der Waals surface area contributed by atoms with Gasteiger partial charge in [-0.3, -0.25) is 57.7 Å². The van der Waals surface area contributed by atoms with E-state index in [9.17, 15) is 47.9 Å². The average molecular weight is 1650 g/mol. The number of carboxylic acids is 1. The number of carbonyl (C=O) groups is 10. The van der Waals surface area contributed by atoms with Crippen LogP contribution in [0.5, 0.6) is 0 Å². The molecule has 24 nitrogen and oxygen atoms in total. The molecule has 2 N–H and O–H groups in total. The molecule has 32 heteroatoms. The van der Waals surface area contributed by atoms with Crippen LogP contribution in [0.4, 0.5) is 0 Å². The van der Waals surface area contributed by atoms with Gasteiger partial charge in [-0.1, -0.05) is 147 Å². The number of aliphatic carboxylic acids is 1. The molecule has 10 atom stereocenters. The van der Waals surface area contributed by atoms with Crippen molar-refractivity contribution in [3.8, 4) is 24.7 Å². The number of carbonyl (C=O) groups excluding carboxylic acids is 9. The number of imide groups is 2. The maximum Gasteiger partial charge on any atom is 0.311 e. The molecule has 6 amide bonds. The van der Waals surface area contributed by atoms with Crippen molar-refractivity contribution in [3.05, 3.63) is 120 Å². The number of nitrogens with zero attached hydrogens (tertiary/aromatic N) is 10. The molecule has 0 radical (unpaired) electrons. The topological polar surface area (TPSA) is 304 Å². The predicted octanol–water partition coefficient (Wildman–Crippen LogP) is 8.64. The molecule has 590 valence electrons. The highest BCUT2D eigenvalue weighted by molar-refractivity contribution is 8.51. The number of aromatic nitrogens is 6. The van der Waals surface area contributed by atoms with Gasteiger partial charge in [0.1, 0.15) is 23.8 Å². The van der Waals surface area contributed by atoms with Gasteiger partial charge in [0.15, 0.2) is 0 Å². The van der Waals surface area contributed by atoms with Gasteiger partial charge in [0.05, 0.1) is 92.7 Å². The number of Topliss-reactive ketones (excluding diaryl/α,β-unsaturated/α-hetero) is 1. The number of fused-ring (bicyclic) bond motifs is 10. The van der Waals surface area contributed by atoms with Crippen LogP contribution in [-0.4, -0.2) is 165 Å². The van der Waals surface area contributed by atoms with Crippen LogP contribution in [0.1, 0.15) is 179 Å². The summed E-state index contributed by atoms with van der Waals surface area (Å²) in [5.41, 5.74) is 1.73. The van der Waals surface area contributed by atoms with Crippen LogP contribution >= 0.6 is 13.5 Å². The Morgan fingerprint density at radius 2 is 0.972 bits per heavy atom. The van der Waals surface area contributed by atoms with Crippen molar-refractivity contribution in [2.75, 3.05) is 45.9 Å². The van der Waals surface area contributed by atoms with Crippen molar-refractivity contribution >= 4 is 144 Å². The van der Waals surface area contributed by atoms with Crippen LogP contribution in [0.2, 0.25) is 0 Å². The molecule has 2 saturated heterocycles. The SMILES string of the molecule is C#CCN(CCCCCCN1C(=O)C2[C@@H](C1=O)[C@@H]1C=C[C@H]2C1)C(=O)CCC(=O)O.C#CCN(CCCCCCN1C(=O)C2[C@@H](C1=O)[C@@H]1C=C[C@H]2C1)C(=O)CCC(=O)OCc1cn(C(CC(C)(C)C(=O)OCC)c2ccccc2)nn1.CC(=O)C(C)(C)CC(c1ccccc1)n1cc(CO)nn1.S.S=S=S.S=S=S=S. The van der Waals surface area contributed by atoms with E-state index in [2.05, 4.69) is 102 Å². The number of hydrogen-bond donors (Lipinski definition) is 2. The van der Waals surface area contributed by atoms with Crippen LogP contribution in [0.3, 0.4) is 0 Å². The van der Waals surface area contributed by atoms with E-state index in [1.165, 1.54) is 32.5 Å². The zero-order valence-corrected chi connectivity index (χ0v) is 69.2. The van der Waals surface area contributed by atoms with Crippen LogP contribution in [0.25, 0.3) is 0 Å². The van der Waals surface area contributed by atoms with Crippen molar-refractivity contribution in [1.29, 1.82) is 0 Å². The van der Waals surface area contributed by atoms with Crippen LogP contribution < -0.4 is 0 Å². The van der Waals surface area contributed by atoms with Gasteiger partial charge in [-0.05, 0) is 114 Å². The molecule has 109 heavy (non-hydrogen) atoms. The van der Waals surface area contributed by atoms with Crippen LogP contribution in [-0.2, 0) is 142 Å². The van der Waals surface area contributed by atoms with E-state index in [1.807, 2.05) is 88.4 Å². The van der Waals surface area contributed by atoms with Gasteiger partial charge < -0.3 is 29.5 Å². The Kier molecular flexibility index (Phi) is 39.1. The summed E-state index contributed by atoms with van der Waals surface area (Å²) in [4.78, 5) is 130. The highest BCUT2D eigenvalue weighted by Crippen LogP contribution is 2.54. The number of carboxylic acid groups (broad SMARTS) is 1. The predicted molar refractivity (Wildman–Crippen MR) is 434 cm³/mol. The molecular formula is C77H100N10O14S8. The largest absolute Gasteiger partial charge is 0.481 e. The van der Waals surface area contributed by atoms with Gasteiger partial charge in [0.25, 0.3) is 0 Å². The molecule has 2 aromatic carbocycles. The van der Waals surface area contributed by atoms with E-state index in [1.54, 1.807) is 40.5 Å². The Bertz CT molecular complexity index is 3980. The molecule has 4 bridgehead atoms. The van der Waals surface area contributed by atoms with Crippen LogP contribution in [0, 0.1) is 82.9 Å². The van der Waals surface area contributed by atoms with E-state index >= 15 is 0 Å². The van der Waals surface area contributed by atoms with Gasteiger partial charge in [0.2, 0.25) is 35.4 Å². The number of likely N-dealkylation sites (tertiary alicyclic amines) is 2. The monoisotopic (exact) mass is 1640 g/mol. The van der Waals surface area contributed by atoms with Crippen molar-refractivity contribution in [1.82, 2.24) is 49.6 Å². The number of rotatable bonds is 36. The van der Waals surface area contributed by atoms with E-state index in [4.69, 9.17) is 32.5 Å². The fourth-order valence-corrected chi connectivity index (χ4v) is 14.7. The zero-order chi connectivity index (χ0) is 79.1. The standard InChI is InChI=1S/C39H49N5O7.C22H28N2O5.C16H21N3O2.S4.S3.H2S/c1-5-20-42(21-12-7-8-13-22-43-36(47)34-28-16-17-29(23-28)35(34)37(43)48)32(45)18-19-33(46)51-26-30-25-44(41-40-30)31(27-14-10-9-11-15-27)24-39(3,4)38(49)50-6-2;1-2-11-23(17(25)9-10-18(26)27)12-5-3-4-6-13-24-21(28)19-15-7-8-16(14-15)20(19)22(24)29;1-12(21)16(2,3)9-15(13-7-5-4-6-8-13)19-10-14(11-20)17-18-19;1-3-4-2;1-3-2;/h1,9-11,14-17,25,28-29,31,34-35H,6-8,12-13,18-24,26H2,2-4H3;1,7-8,15-16,19-20H,3-6,9-14H2,(H,26,27);4-8,10,15,20H,9,11H2,1-3H3;;;1H2/t28-,29+,31?,34+,35?;15-,16+,19+,20?;;;;/m11..../s1. The first-order valence-electron chi connectivity index (χ1n) is 36.3. The quantitative estimate of drug-likeness (QED) is 0.0141. The fraction of sp³-hybridized carbons (Fsp3) is 0.558.